The van der Waals surface area contributed by atoms with Gasteiger partial charge in [0.15, 0.2) is 11.5 Å². The van der Waals surface area contributed by atoms with E-state index in [9.17, 15) is 14.4 Å². The molecule has 1 fully saturated rings. The van der Waals surface area contributed by atoms with Crippen LogP contribution in [0.5, 0.6) is 11.5 Å². The van der Waals surface area contributed by atoms with Crippen LogP contribution in [0.3, 0.4) is 0 Å². The Morgan fingerprint density at radius 3 is 2.62 bits per heavy atom. The Balaban J connectivity index is 1.51. The SMILES string of the molecule is C=CCc1ccc(OCCn2cccc2/C=C2\C(=O)NC(=O)N(c3ccc(C)c(Cl)c3)C2=O)c(OC)c1. The number of amides is 4. The molecular weight excluding hydrogens is 494 g/mol. The molecule has 1 saturated heterocycles. The van der Waals surface area contributed by atoms with Gasteiger partial charge in [-0.25, -0.2) is 9.69 Å². The van der Waals surface area contributed by atoms with Gasteiger partial charge in [0.05, 0.1) is 19.3 Å². The molecule has 0 radical (unpaired) electrons. The molecule has 4 rings (SSSR count). The molecule has 3 aromatic rings. The van der Waals surface area contributed by atoms with Gasteiger partial charge in [-0.2, -0.15) is 0 Å². The van der Waals surface area contributed by atoms with E-state index >= 15 is 0 Å². The molecule has 0 unspecified atom stereocenters. The summed E-state index contributed by atoms with van der Waals surface area (Å²) >= 11 is 6.18. The zero-order valence-corrected chi connectivity index (χ0v) is 21.2. The number of halogens is 1. The number of ether oxygens (including phenoxy) is 2. The van der Waals surface area contributed by atoms with Crippen LogP contribution in [0.4, 0.5) is 10.5 Å². The summed E-state index contributed by atoms with van der Waals surface area (Å²) in [6, 6.07) is 13.3. The number of hydrogen-bond acceptors (Lipinski definition) is 5. The average molecular weight is 520 g/mol. The van der Waals surface area contributed by atoms with Gasteiger partial charge in [-0.15, -0.1) is 6.58 Å². The van der Waals surface area contributed by atoms with Gasteiger partial charge in [0.1, 0.15) is 12.2 Å². The van der Waals surface area contributed by atoms with Crippen molar-refractivity contribution in [2.24, 2.45) is 0 Å². The normalized spacial score (nSPS) is 14.6. The molecule has 1 N–H and O–H groups in total. The van der Waals surface area contributed by atoms with Crippen LogP contribution in [-0.4, -0.2) is 36.1 Å². The molecule has 0 atom stereocenters. The standard InChI is InChI=1S/C28H26ClN3O5/c1-4-6-19-9-11-24(25(15-19)36-3)37-14-13-31-12-5-7-20(31)16-22-26(33)30-28(35)32(27(22)34)21-10-8-18(2)23(29)17-21/h4-5,7-12,15-17H,1,6,13-14H2,2-3H3,(H,30,33,35)/b22-16+. The van der Waals surface area contributed by atoms with E-state index in [2.05, 4.69) is 11.9 Å². The second-order valence-corrected chi connectivity index (χ2v) is 8.75. The summed E-state index contributed by atoms with van der Waals surface area (Å²) in [6.45, 7) is 6.32. The minimum Gasteiger partial charge on any atom is -0.493 e. The molecule has 9 heteroatoms. The van der Waals surface area contributed by atoms with E-state index in [1.807, 2.05) is 42.0 Å². The van der Waals surface area contributed by atoms with Crippen molar-refractivity contribution < 1.29 is 23.9 Å². The molecule has 0 saturated carbocycles. The van der Waals surface area contributed by atoms with Gasteiger partial charge in [-0.05, 0) is 66.9 Å². The Kier molecular flexibility index (Phi) is 7.79. The highest BCUT2D eigenvalue weighted by molar-refractivity contribution is 6.39. The van der Waals surface area contributed by atoms with Crippen molar-refractivity contribution in [1.29, 1.82) is 0 Å². The predicted molar refractivity (Wildman–Crippen MR) is 142 cm³/mol. The number of aryl methyl sites for hydroxylation is 1. The predicted octanol–water partition coefficient (Wildman–Crippen LogP) is 4.93. The largest absolute Gasteiger partial charge is 0.493 e. The van der Waals surface area contributed by atoms with Crippen LogP contribution in [0.25, 0.3) is 6.08 Å². The van der Waals surface area contributed by atoms with Gasteiger partial charge >= 0.3 is 6.03 Å². The lowest BCUT2D eigenvalue weighted by Gasteiger charge is -2.26. The van der Waals surface area contributed by atoms with Crippen molar-refractivity contribution in [1.82, 2.24) is 9.88 Å². The first-order valence-corrected chi connectivity index (χ1v) is 11.9. The maximum absolute atomic E-state index is 13.2. The first-order valence-electron chi connectivity index (χ1n) is 11.6. The molecule has 37 heavy (non-hydrogen) atoms. The Hall–Kier alpha value is -4.30. The van der Waals surface area contributed by atoms with Crippen LogP contribution in [0, 0.1) is 6.92 Å². The van der Waals surface area contributed by atoms with Crippen LogP contribution in [0.15, 0.2) is 73.0 Å². The number of aromatic nitrogens is 1. The summed E-state index contributed by atoms with van der Waals surface area (Å²) in [4.78, 5) is 39.1. The number of anilines is 1. The summed E-state index contributed by atoms with van der Waals surface area (Å²) in [7, 11) is 1.58. The fraction of sp³-hybridized carbons (Fsp3) is 0.179. The lowest BCUT2D eigenvalue weighted by Crippen LogP contribution is -2.54. The van der Waals surface area contributed by atoms with Crippen LogP contribution < -0.4 is 19.7 Å². The smallest absolute Gasteiger partial charge is 0.335 e. The first kappa shape index (κ1) is 25.8. The lowest BCUT2D eigenvalue weighted by atomic mass is 10.1. The molecule has 190 valence electrons. The highest BCUT2D eigenvalue weighted by Gasteiger charge is 2.37. The number of allylic oxidation sites excluding steroid dienone is 1. The third-order valence-corrected chi connectivity index (χ3v) is 6.28. The molecule has 1 aromatic heterocycles. The van der Waals surface area contributed by atoms with Crippen molar-refractivity contribution in [2.75, 3.05) is 18.6 Å². The van der Waals surface area contributed by atoms with Crippen LogP contribution >= 0.6 is 11.6 Å². The van der Waals surface area contributed by atoms with Crippen molar-refractivity contribution in [2.45, 2.75) is 19.9 Å². The van der Waals surface area contributed by atoms with E-state index in [1.54, 1.807) is 31.4 Å². The van der Waals surface area contributed by atoms with Gasteiger partial charge in [0, 0.05) is 16.9 Å². The van der Waals surface area contributed by atoms with Gasteiger partial charge < -0.3 is 14.0 Å². The maximum atomic E-state index is 13.2. The number of nitrogens with zero attached hydrogens (tertiary/aromatic N) is 2. The van der Waals surface area contributed by atoms with Crippen molar-refractivity contribution in [3.8, 4) is 11.5 Å². The quantitative estimate of drug-likeness (QED) is 0.246. The third kappa shape index (κ3) is 5.59. The number of urea groups is 1. The number of benzene rings is 2. The molecular formula is C28H26ClN3O5. The lowest BCUT2D eigenvalue weighted by molar-refractivity contribution is -0.122. The molecule has 1 aliphatic heterocycles. The summed E-state index contributed by atoms with van der Waals surface area (Å²) in [5, 5.41) is 2.63. The van der Waals surface area contributed by atoms with E-state index in [0.717, 1.165) is 22.4 Å². The van der Waals surface area contributed by atoms with Crippen molar-refractivity contribution >= 4 is 41.2 Å². The fourth-order valence-electron chi connectivity index (χ4n) is 3.90. The Morgan fingerprint density at radius 2 is 1.89 bits per heavy atom. The topological polar surface area (TPSA) is 89.9 Å². The van der Waals surface area contributed by atoms with Crippen LogP contribution in [0.1, 0.15) is 16.8 Å². The van der Waals surface area contributed by atoms with Crippen LogP contribution in [-0.2, 0) is 22.6 Å². The first-order chi connectivity index (χ1) is 17.8. The number of imide groups is 2. The minimum absolute atomic E-state index is 0.170. The fourth-order valence-corrected chi connectivity index (χ4v) is 4.08. The third-order valence-electron chi connectivity index (χ3n) is 5.87. The minimum atomic E-state index is -0.830. The number of nitrogens with one attached hydrogen (secondary N) is 1. The molecule has 2 heterocycles. The summed E-state index contributed by atoms with van der Waals surface area (Å²) < 4.78 is 13.2. The van der Waals surface area contributed by atoms with Crippen LogP contribution in [0.2, 0.25) is 5.02 Å². The van der Waals surface area contributed by atoms with E-state index < -0.39 is 17.8 Å². The zero-order chi connectivity index (χ0) is 26.5. The van der Waals surface area contributed by atoms with E-state index in [1.165, 1.54) is 12.1 Å². The molecule has 0 spiro atoms. The van der Waals surface area contributed by atoms with Crippen molar-refractivity contribution in [3.63, 3.8) is 0 Å². The van der Waals surface area contributed by atoms with Gasteiger partial charge in [-0.3, -0.25) is 14.9 Å². The maximum Gasteiger partial charge on any atom is 0.335 e. The Bertz CT molecular complexity index is 1410. The number of barbiturate groups is 1. The number of rotatable bonds is 9. The Labute approximate surface area is 219 Å². The Morgan fingerprint density at radius 1 is 1.08 bits per heavy atom. The van der Waals surface area contributed by atoms with E-state index in [4.69, 9.17) is 21.1 Å². The molecule has 8 nitrogen and oxygen atoms in total. The van der Waals surface area contributed by atoms with Gasteiger partial charge in [0.2, 0.25) is 0 Å². The summed E-state index contributed by atoms with van der Waals surface area (Å²) in [5.74, 6) is -0.269. The second kappa shape index (κ2) is 11.2. The number of methoxy groups -OCH3 is 1. The zero-order valence-electron chi connectivity index (χ0n) is 20.5. The highest BCUT2D eigenvalue weighted by Crippen LogP contribution is 2.29. The molecule has 2 aromatic carbocycles. The second-order valence-electron chi connectivity index (χ2n) is 8.34. The van der Waals surface area contributed by atoms with E-state index in [-0.39, 0.29) is 11.3 Å². The molecule has 0 bridgehead atoms. The summed E-state index contributed by atoms with van der Waals surface area (Å²) in [5.41, 5.74) is 2.57. The number of hydrogen-bond donors (Lipinski definition) is 1. The van der Waals surface area contributed by atoms with Gasteiger partial charge in [-0.1, -0.05) is 29.8 Å². The number of carbonyl (C=O) groups is 3. The molecule has 1 aliphatic rings. The monoisotopic (exact) mass is 519 g/mol. The molecule has 0 aliphatic carbocycles. The van der Waals surface area contributed by atoms with Crippen molar-refractivity contribution in [3.05, 3.63) is 94.8 Å². The molecule has 4 amide bonds. The summed E-state index contributed by atoms with van der Waals surface area (Å²) in [6.07, 6.45) is 5.82. The van der Waals surface area contributed by atoms with Gasteiger partial charge in [0.25, 0.3) is 11.8 Å². The number of carbonyl (C=O) groups excluding carboxylic acids is 3. The highest BCUT2D eigenvalue weighted by atomic mass is 35.5. The average Bonchev–Trinajstić information content (AvgIpc) is 3.31. The van der Waals surface area contributed by atoms with E-state index in [0.29, 0.717) is 35.4 Å².